The fourth-order valence-electron chi connectivity index (χ4n) is 4.25. The minimum atomic E-state index is -0.894. The van der Waals surface area contributed by atoms with Crippen molar-refractivity contribution in [3.05, 3.63) is 59.2 Å². The van der Waals surface area contributed by atoms with Crippen molar-refractivity contribution < 1.29 is 23.0 Å². The number of carbonyl (C=O) groups is 1. The van der Waals surface area contributed by atoms with Crippen molar-refractivity contribution in [2.24, 2.45) is 0 Å². The van der Waals surface area contributed by atoms with Gasteiger partial charge in [0.15, 0.2) is 23.1 Å². The molecule has 0 aromatic heterocycles. The van der Waals surface area contributed by atoms with Crippen molar-refractivity contribution in [1.82, 2.24) is 4.90 Å². The third kappa shape index (κ3) is 4.21. The SMILES string of the molecule is COc1ccc([C@@H]2CC(=O)N(Cc3cccc(F)c3F)C2)cc1OC1CCCC1. The largest absolute Gasteiger partial charge is 0.493 e. The van der Waals surface area contributed by atoms with Crippen LogP contribution in [0.3, 0.4) is 0 Å². The van der Waals surface area contributed by atoms with Gasteiger partial charge in [0, 0.05) is 31.0 Å². The molecule has 1 saturated carbocycles. The van der Waals surface area contributed by atoms with Crippen LogP contribution in [0.4, 0.5) is 8.78 Å². The minimum absolute atomic E-state index is 0.0176. The molecular formula is C23H25F2NO3. The Balaban J connectivity index is 1.50. The Kier molecular flexibility index (Phi) is 5.69. The van der Waals surface area contributed by atoms with E-state index >= 15 is 0 Å². The highest BCUT2D eigenvalue weighted by atomic mass is 19.2. The predicted molar refractivity (Wildman–Crippen MR) is 105 cm³/mol. The Morgan fingerprint density at radius 2 is 1.90 bits per heavy atom. The highest BCUT2D eigenvalue weighted by Gasteiger charge is 2.32. The lowest BCUT2D eigenvalue weighted by Crippen LogP contribution is -2.25. The normalized spacial score (nSPS) is 19.8. The third-order valence-electron chi connectivity index (χ3n) is 5.86. The number of halogens is 2. The van der Waals surface area contributed by atoms with Crippen molar-refractivity contribution in [1.29, 1.82) is 0 Å². The predicted octanol–water partition coefficient (Wildman–Crippen LogP) is 4.81. The number of likely N-dealkylation sites (tertiary alicyclic amines) is 1. The van der Waals surface area contributed by atoms with E-state index in [0.29, 0.717) is 24.5 Å². The lowest BCUT2D eigenvalue weighted by molar-refractivity contribution is -0.128. The summed E-state index contributed by atoms with van der Waals surface area (Å²) in [6.45, 7) is 0.532. The fraction of sp³-hybridized carbons (Fsp3) is 0.435. The summed E-state index contributed by atoms with van der Waals surface area (Å²) in [5.74, 6) is -0.471. The van der Waals surface area contributed by atoms with Crippen molar-refractivity contribution in [3.8, 4) is 11.5 Å². The van der Waals surface area contributed by atoms with Crippen molar-refractivity contribution in [3.63, 3.8) is 0 Å². The number of carbonyl (C=O) groups excluding carboxylic acids is 1. The van der Waals surface area contributed by atoms with Gasteiger partial charge in [-0.25, -0.2) is 8.78 Å². The van der Waals surface area contributed by atoms with Gasteiger partial charge < -0.3 is 14.4 Å². The van der Waals surface area contributed by atoms with Gasteiger partial charge in [-0.15, -0.1) is 0 Å². The lowest BCUT2D eigenvalue weighted by atomic mass is 9.98. The van der Waals surface area contributed by atoms with Crippen molar-refractivity contribution in [2.75, 3.05) is 13.7 Å². The van der Waals surface area contributed by atoms with Crippen LogP contribution in [0.5, 0.6) is 11.5 Å². The summed E-state index contributed by atoms with van der Waals surface area (Å²) in [5.41, 5.74) is 1.19. The first-order valence-electron chi connectivity index (χ1n) is 10.1. The summed E-state index contributed by atoms with van der Waals surface area (Å²) in [6.07, 6.45) is 4.98. The number of amides is 1. The zero-order chi connectivity index (χ0) is 20.4. The highest BCUT2D eigenvalue weighted by molar-refractivity contribution is 5.79. The van der Waals surface area contributed by atoms with Gasteiger partial charge in [-0.05, 0) is 49.4 Å². The molecule has 6 heteroatoms. The van der Waals surface area contributed by atoms with Crippen LogP contribution in [0, 0.1) is 11.6 Å². The topological polar surface area (TPSA) is 38.8 Å². The Morgan fingerprint density at radius 1 is 1.10 bits per heavy atom. The van der Waals surface area contributed by atoms with E-state index in [1.807, 2.05) is 18.2 Å². The second kappa shape index (κ2) is 8.39. The van der Waals surface area contributed by atoms with Crippen LogP contribution < -0.4 is 9.47 Å². The average Bonchev–Trinajstić information content (AvgIpc) is 3.35. The maximum Gasteiger partial charge on any atom is 0.223 e. The molecule has 1 saturated heterocycles. The second-order valence-corrected chi connectivity index (χ2v) is 7.82. The van der Waals surface area contributed by atoms with Gasteiger partial charge in [-0.3, -0.25) is 4.79 Å². The van der Waals surface area contributed by atoms with E-state index in [0.717, 1.165) is 24.5 Å². The summed E-state index contributed by atoms with van der Waals surface area (Å²) in [4.78, 5) is 14.1. The van der Waals surface area contributed by atoms with E-state index in [1.54, 1.807) is 12.0 Å². The number of hydrogen-bond donors (Lipinski definition) is 0. The van der Waals surface area contributed by atoms with Crippen LogP contribution in [0.25, 0.3) is 0 Å². The molecule has 2 aliphatic rings. The molecule has 1 heterocycles. The Morgan fingerprint density at radius 3 is 2.66 bits per heavy atom. The van der Waals surface area contributed by atoms with Crippen LogP contribution in [0.1, 0.15) is 49.1 Å². The van der Waals surface area contributed by atoms with Gasteiger partial charge in [0.2, 0.25) is 5.91 Å². The van der Waals surface area contributed by atoms with Crippen LogP contribution in [-0.2, 0) is 11.3 Å². The molecule has 4 nitrogen and oxygen atoms in total. The number of hydrogen-bond acceptors (Lipinski definition) is 3. The molecular weight excluding hydrogens is 376 g/mol. The standard InChI is InChI=1S/C23H25F2NO3/c1-28-20-10-9-15(11-21(20)29-18-6-2-3-7-18)17-12-22(27)26(14-17)13-16-5-4-8-19(24)23(16)25/h4-5,8-11,17-18H,2-3,6-7,12-14H2,1H3/t17-/m1/s1. The highest BCUT2D eigenvalue weighted by Crippen LogP contribution is 2.37. The number of benzene rings is 2. The first-order valence-corrected chi connectivity index (χ1v) is 10.1. The van der Waals surface area contributed by atoms with Gasteiger partial charge >= 0.3 is 0 Å². The molecule has 1 amide bonds. The maximum atomic E-state index is 14.0. The number of nitrogens with zero attached hydrogens (tertiary/aromatic N) is 1. The summed E-state index contributed by atoms with van der Waals surface area (Å²) in [5, 5.41) is 0. The number of ether oxygens (including phenoxy) is 2. The van der Waals surface area contributed by atoms with E-state index < -0.39 is 11.6 Å². The molecule has 1 aliphatic heterocycles. The number of rotatable bonds is 6. The van der Waals surface area contributed by atoms with Gasteiger partial charge in [0.05, 0.1) is 13.2 Å². The van der Waals surface area contributed by atoms with Gasteiger partial charge in [-0.2, -0.15) is 0 Å². The monoisotopic (exact) mass is 401 g/mol. The van der Waals surface area contributed by atoms with Crippen molar-refractivity contribution in [2.45, 2.75) is 50.7 Å². The van der Waals surface area contributed by atoms with Crippen molar-refractivity contribution >= 4 is 5.91 Å². The molecule has 154 valence electrons. The minimum Gasteiger partial charge on any atom is -0.493 e. The van der Waals surface area contributed by atoms with Crippen LogP contribution in [0.15, 0.2) is 36.4 Å². The van der Waals surface area contributed by atoms with Crippen LogP contribution >= 0.6 is 0 Å². The summed E-state index contributed by atoms with van der Waals surface area (Å²) in [6, 6.07) is 9.84. The maximum absolute atomic E-state index is 14.0. The molecule has 0 radical (unpaired) electrons. The molecule has 1 atom stereocenters. The lowest BCUT2D eigenvalue weighted by Gasteiger charge is -2.19. The molecule has 0 unspecified atom stereocenters. The van der Waals surface area contributed by atoms with E-state index in [9.17, 15) is 13.6 Å². The fourth-order valence-corrected chi connectivity index (χ4v) is 4.25. The Bertz CT molecular complexity index is 896. The first kappa shape index (κ1) is 19.7. The zero-order valence-corrected chi connectivity index (χ0v) is 16.5. The van der Waals surface area contributed by atoms with Crippen LogP contribution in [-0.4, -0.2) is 30.6 Å². The van der Waals surface area contributed by atoms with Crippen LogP contribution in [0.2, 0.25) is 0 Å². The molecule has 1 aliphatic carbocycles. The smallest absolute Gasteiger partial charge is 0.223 e. The molecule has 0 spiro atoms. The molecule has 2 fully saturated rings. The molecule has 29 heavy (non-hydrogen) atoms. The van der Waals surface area contributed by atoms with Gasteiger partial charge in [0.1, 0.15) is 0 Å². The quantitative estimate of drug-likeness (QED) is 0.697. The molecule has 4 rings (SSSR count). The summed E-state index contributed by atoms with van der Waals surface area (Å²) < 4.78 is 39.1. The summed E-state index contributed by atoms with van der Waals surface area (Å²) >= 11 is 0. The molecule has 0 N–H and O–H groups in total. The Hall–Kier alpha value is -2.63. The molecule has 2 aromatic rings. The second-order valence-electron chi connectivity index (χ2n) is 7.82. The van der Waals surface area contributed by atoms with Gasteiger partial charge in [0.25, 0.3) is 0 Å². The van der Waals surface area contributed by atoms with E-state index in [1.165, 1.54) is 25.0 Å². The molecule has 0 bridgehead atoms. The first-order chi connectivity index (χ1) is 14.0. The third-order valence-corrected chi connectivity index (χ3v) is 5.86. The summed E-state index contributed by atoms with van der Waals surface area (Å²) in [7, 11) is 1.62. The number of methoxy groups -OCH3 is 1. The van der Waals surface area contributed by atoms with E-state index in [2.05, 4.69) is 0 Å². The Labute approximate surface area is 169 Å². The van der Waals surface area contributed by atoms with E-state index in [-0.39, 0.29) is 30.0 Å². The zero-order valence-electron chi connectivity index (χ0n) is 16.5. The molecule has 2 aromatic carbocycles. The van der Waals surface area contributed by atoms with Gasteiger partial charge in [-0.1, -0.05) is 18.2 Å². The average molecular weight is 401 g/mol. The van der Waals surface area contributed by atoms with E-state index in [4.69, 9.17) is 9.47 Å².